The summed E-state index contributed by atoms with van der Waals surface area (Å²) in [6.45, 7) is 2.99. The minimum Gasteiger partial charge on any atom is -0.356 e. The molecule has 2 aliphatic rings. The van der Waals surface area contributed by atoms with Crippen molar-refractivity contribution < 1.29 is 13.6 Å². The first-order valence-corrected chi connectivity index (χ1v) is 13.9. The average molecular weight is 563 g/mol. The molecular formula is C28H28F2N8OS. The van der Waals surface area contributed by atoms with Crippen molar-refractivity contribution in [1.82, 2.24) is 29.4 Å². The number of anilines is 2. The number of thiazole rings is 1. The summed E-state index contributed by atoms with van der Waals surface area (Å²) in [5, 5.41) is 2.86. The molecule has 5 heterocycles. The highest BCUT2D eigenvalue weighted by molar-refractivity contribution is 7.10. The molecule has 0 atom stereocenters. The number of likely N-dealkylation sites (N-methyl/N-ethyl adjacent to an activating group) is 1. The first-order valence-electron chi connectivity index (χ1n) is 13.1. The Balaban J connectivity index is 1.26. The van der Waals surface area contributed by atoms with Gasteiger partial charge in [0.2, 0.25) is 0 Å². The van der Waals surface area contributed by atoms with E-state index in [-0.39, 0.29) is 11.8 Å². The van der Waals surface area contributed by atoms with Gasteiger partial charge in [-0.1, -0.05) is 0 Å². The third-order valence-corrected chi connectivity index (χ3v) is 8.00. The maximum Gasteiger partial charge on any atom is 0.257 e. The van der Waals surface area contributed by atoms with Gasteiger partial charge in [0, 0.05) is 54.9 Å². The molecule has 1 fully saturated rings. The molecule has 0 saturated carbocycles. The lowest BCUT2D eigenvalue weighted by Crippen LogP contribution is -2.35. The van der Waals surface area contributed by atoms with Crippen molar-refractivity contribution in [2.45, 2.75) is 25.3 Å². The second-order valence-corrected chi connectivity index (χ2v) is 11.1. The van der Waals surface area contributed by atoms with Crippen LogP contribution in [0, 0.1) is 11.6 Å². The number of aromatic nitrogens is 5. The normalized spacial score (nSPS) is 16.7. The number of benzene rings is 1. The standard InChI is InChI=1S/C28H28F2N8OS/c1-36(2)9-10-38-14-23(18-3-4-21(29)22(30)11-18)34-26(38)17-5-7-37(8-6-17)27-24-20(12-19-13-31-16-40-19)28(39)35-25(24)32-15-33-27/h3-4,11-17H,5-10H2,1-2H3,(H,32,33,35,39)/b20-12-. The first-order chi connectivity index (χ1) is 19.4. The fourth-order valence-electron chi connectivity index (χ4n) is 5.21. The van der Waals surface area contributed by atoms with Crippen molar-refractivity contribution in [3.63, 3.8) is 0 Å². The molecular weight excluding hydrogens is 534 g/mol. The summed E-state index contributed by atoms with van der Waals surface area (Å²) in [5.41, 5.74) is 4.16. The van der Waals surface area contributed by atoms with E-state index in [0.29, 0.717) is 28.2 Å². The van der Waals surface area contributed by atoms with E-state index in [1.165, 1.54) is 23.7 Å². The van der Waals surface area contributed by atoms with E-state index < -0.39 is 11.6 Å². The first kappa shape index (κ1) is 26.2. The highest BCUT2D eigenvalue weighted by atomic mass is 32.1. The van der Waals surface area contributed by atoms with Crippen LogP contribution in [0.15, 0.2) is 42.4 Å². The van der Waals surface area contributed by atoms with Crippen LogP contribution in [0.4, 0.5) is 20.4 Å². The van der Waals surface area contributed by atoms with Crippen molar-refractivity contribution in [2.24, 2.45) is 0 Å². The van der Waals surface area contributed by atoms with Crippen molar-refractivity contribution in [1.29, 1.82) is 0 Å². The number of amides is 1. The summed E-state index contributed by atoms with van der Waals surface area (Å²) in [5.74, 6) is 0.411. The molecule has 0 radical (unpaired) electrons. The van der Waals surface area contributed by atoms with Gasteiger partial charge in [-0.15, -0.1) is 11.3 Å². The maximum atomic E-state index is 14.0. The van der Waals surface area contributed by atoms with Gasteiger partial charge in [0.15, 0.2) is 11.6 Å². The highest BCUT2D eigenvalue weighted by Crippen LogP contribution is 2.40. The summed E-state index contributed by atoms with van der Waals surface area (Å²) in [6, 6.07) is 3.90. The van der Waals surface area contributed by atoms with Crippen molar-refractivity contribution in [2.75, 3.05) is 43.9 Å². The number of halogens is 2. The van der Waals surface area contributed by atoms with Crippen LogP contribution in [0.25, 0.3) is 22.9 Å². The van der Waals surface area contributed by atoms with E-state index in [2.05, 4.69) is 34.6 Å². The monoisotopic (exact) mass is 562 g/mol. The van der Waals surface area contributed by atoms with Gasteiger partial charge in [-0.05, 0) is 51.2 Å². The number of carbonyl (C=O) groups excluding carboxylic acids is 1. The lowest BCUT2D eigenvalue weighted by atomic mass is 9.95. The lowest BCUT2D eigenvalue weighted by molar-refractivity contribution is -0.110. The fourth-order valence-corrected chi connectivity index (χ4v) is 5.76. The smallest absolute Gasteiger partial charge is 0.257 e. The molecule has 0 unspecified atom stereocenters. The second kappa shape index (κ2) is 10.9. The Morgan fingerprint density at radius 3 is 2.73 bits per heavy atom. The SMILES string of the molecule is CN(C)CCn1cc(-c2ccc(F)c(F)c2)nc1C1CCN(c2ncnc3c2/C(=C/c2cncs2)C(=O)N3)CC1. The minimum absolute atomic E-state index is 0.180. The number of piperidine rings is 1. The van der Waals surface area contributed by atoms with Gasteiger partial charge in [-0.25, -0.2) is 23.7 Å². The Labute approximate surface area is 234 Å². The third kappa shape index (κ3) is 5.11. The molecule has 40 heavy (non-hydrogen) atoms. The summed E-state index contributed by atoms with van der Waals surface area (Å²) < 4.78 is 29.7. The maximum absolute atomic E-state index is 14.0. The molecule has 1 amide bonds. The molecule has 9 nitrogen and oxygen atoms in total. The van der Waals surface area contributed by atoms with Crippen LogP contribution in [0.2, 0.25) is 0 Å². The van der Waals surface area contributed by atoms with Crippen LogP contribution in [-0.2, 0) is 11.3 Å². The number of hydrogen-bond donors (Lipinski definition) is 1. The Morgan fingerprint density at radius 1 is 1.18 bits per heavy atom. The molecule has 0 bridgehead atoms. The van der Waals surface area contributed by atoms with Gasteiger partial charge in [0.1, 0.15) is 23.8 Å². The number of hydrogen-bond acceptors (Lipinski definition) is 8. The largest absolute Gasteiger partial charge is 0.356 e. The predicted octanol–water partition coefficient (Wildman–Crippen LogP) is 4.51. The van der Waals surface area contributed by atoms with Gasteiger partial charge < -0.3 is 19.7 Å². The zero-order valence-corrected chi connectivity index (χ0v) is 23.0. The predicted molar refractivity (Wildman–Crippen MR) is 151 cm³/mol. The number of rotatable bonds is 7. The van der Waals surface area contributed by atoms with E-state index in [0.717, 1.165) is 61.6 Å². The zero-order valence-electron chi connectivity index (χ0n) is 22.1. The van der Waals surface area contributed by atoms with Crippen LogP contribution in [0.1, 0.15) is 35.0 Å². The van der Waals surface area contributed by atoms with E-state index in [9.17, 15) is 13.6 Å². The van der Waals surface area contributed by atoms with E-state index in [4.69, 9.17) is 4.98 Å². The molecule has 2 aliphatic heterocycles. The molecule has 6 rings (SSSR count). The van der Waals surface area contributed by atoms with Crippen LogP contribution >= 0.6 is 11.3 Å². The second-order valence-electron chi connectivity index (χ2n) is 10.2. The van der Waals surface area contributed by atoms with Crippen LogP contribution in [-0.4, -0.2) is 69.0 Å². The van der Waals surface area contributed by atoms with Gasteiger partial charge >= 0.3 is 0 Å². The minimum atomic E-state index is -0.885. The molecule has 0 spiro atoms. The topological polar surface area (TPSA) is 92.1 Å². The lowest BCUT2D eigenvalue weighted by Gasteiger charge is -2.33. The molecule has 206 valence electrons. The van der Waals surface area contributed by atoms with Crippen LogP contribution in [0.5, 0.6) is 0 Å². The summed E-state index contributed by atoms with van der Waals surface area (Å²) in [4.78, 5) is 35.9. The highest BCUT2D eigenvalue weighted by Gasteiger charge is 2.33. The number of imidazole rings is 1. The summed E-state index contributed by atoms with van der Waals surface area (Å²) in [6.07, 6.45) is 8.63. The summed E-state index contributed by atoms with van der Waals surface area (Å²) >= 11 is 1.46. The molecule has 1 aromatic carbocycles. The fraction of sp³-hybridized carbons (Fsp3) is 0.321. The number of carbonyl (C=O) groups is 1. The van der Waals surface area contributed by atoms with Gasteiger partial charge in [-0.3, -0.25) is 9.78 Å². The van der Waals surface area contributed by atoms with Crippen molar-refractivity contribution >= 4 is 40.5 Å². The van der Waals surface area contributed by atoms with Crippen LogP contribution in [0.3, 0.4) is 0 Å². The Morgan fingerprint density at radius 2 is 2.00 bits per heavy atom. The van der Waals surface area contributed by atoms with E-state index in [1.54, 1.807) is 17.8 Å². The van der Waals surface area contributed by atoms with E-state index >= 15 is 0 Å². The molecule has 3 aromatic heterocycles. The van der Waals surface area contributed by atoms with Crippen molar-refractivity contribution in [3.8, 4) is 11.3 Å². The average Bonchev–Trinajstić information content (AvgIpc) is 3.69. The van der Waals surface area contributed by atoms with Gasteiger partial charge in [0.25, 0.3) is 5.91 Å². The Bertz CT molecular complexity index is 1580. The van der Waals surface area contributed by atoms with Gasteiger partial charge in [-0.2, -0.15) is 0 Å². The number of nitrogens with zero attached hydrogens (tertiary/aromatic N) is 7. The molecule has 0 aliphatic carbocycles. The Hall–Kier alpha value is -4.03. The zero-order chi connectivity index (χ0) is 27.8. The summed E-state index contributed by atoms with van der Waals surface area (Å²) in [7, 11) is 4.03. The van der Waals surface area contributed by atoms with Crippen molar-refractivity contribution in [3.05, 3.63) is 70.3 Å². The van der Waals surface area contributed by atoms with E-state index in [1.807, 2.05) is 26.4 Å². The molecule has 4 aromatic rings. The van der Waals surface area contributed by atoms with Gasteiger partial charge in [0.05, 0.1) is 22.3 Å². The molecule has 12 heteroatoms. The Kier molecular flexibility index (Phi) is 7.11. The molecule has 1 saturated heterocycles. The number of fused-ring (bicyclic) bond motifs is 1. The molecule has 1 N–H and O–H groups in total. The van der Waals surface area contributed by atoms with Crippen LogP contribution < -0.4 is 10.2 Å². The third-order valence-electron chi connectivity index (χ3n) is 7.28. The quantitative estimate of drug-likeness (QED) is 0.331. The number of nitrogens with one attached hydrogen (secondary N) is 1.